The fourth-order valence-corrected chi connectivity index (χ4v) is 3.31. The van der Waals surface area contributed by atoms with E-state index in [0.717, 1.165) is 28.6 Å². The van der Waals surface area contributed by atoms with Crippen molar-refractivity contribution in [3.8, 4) is 5.75 Å². The van der Waals surface area contributed by atoms with Gasteiger partial charge >= 0.3 is 0 Å². The number of carbonyl (C=O) groups is 1. The number of nitrogens with one attached hydrogen (secondary N) is 2. The highest BCUT2D eigenvalue weighted by Gasteiger charge is 2.15. The van der Waals surface area contributed by atoms with Crippen LogP contribution in [0.2, 0.25) is 0 Å². The Balaban J connectivity index is 1.53. The highest BCUT2D eigenvalue weighted by Crippen LogP contribution is 2.25. The number of hydrogen-bond acceptors (Lipinski definition) is 7. The van der Waals surface area contributed by atoms with Crippen LogP contribution in [0.25, 0.3) is 0 Å². The summed E-state index contributed by atoms with van der Waals surface area (Å²) in [7, 11) is 0. The first kappa shape index (κ1) is 21.3. The molecular formula is C20H21N5O4S. The number of aryl methyl sites for hydroxylation is 2. The van der Waals surface area contributed by atoms with Crippen LogP contribution in [0.1, 0.15) is 22.5 Å². The van der Waals surface area contributed by atoms with E-state index in [-0.39, 0.29) is 24.0 Å². The molecule has 0 radical (unpaired) electrons. The molecule has 0 aliphatic rings. The Hall–Kier alpha value is -3.40. The Morgan fingerprint density at radius 3 is 2.83 bits per heavy atom. The third kappa shape index (κ3) is 5.35. The second-order valence-corrected chi connectivity index (χ2v) is 7.61. The Morgan fingerprint density at radius 2 is 2.07 bits per heavy atom. The largest absolute Gasteiger partial charge is 0.485 e. The van der Waals surface area contributed by atoms with E-state index in [1.165, 1.54) is 12.1 Å². The molecule has 1 amide bonds. The molecule has 0 aliphatic heterocycles. The smallest absolute Gasteiger partial charge is 0.274 e. The number of carbonyl (C=O) groups excluding carboxylic acids is 1. The Bertz CT molecular complexity index is 1080. The SMILES string of the molecule is Cc1ccc(C)c(OCc2nc(SCC(=O)Nc3cccc([N+](=O)[O-])c3C)n[nH]2)c1. The molecule has 30 heavy (non-hydrogen) atoms. The van der Waals surface area contributed by atoms with E-state index in [0.29, 0.717) is 22.2 Å². The molecule has 0 atom stereocenters. The van der Waals surface area contributed by atoms with Gasteiger partial charge in [-0.1, -0.05) is 30.0 Å². The van der Waals surface area contributed by atoms with Gasteiger partial charge in [0.2, 0.25) is 11.1 Å². The van der Waals surface area contributed by atoms with Crippen LogP contribution in [0.4, 0.5) is 11.4 Å². The van der Waals surface area contributed by atoms with Gasteiger partial charge in [0.1, 0.15) is 12.4 Å². The molecule has 0 saturated heterocycles. The minimum absolute atomic E-state index is 0.0390. The number of benzene rings is 2. The van der Waals surface area contributed by atoms with Gasteiger partial charge in [0.05, 0.1) is 21.9 Å². The van der Waals surface area contributed by atoms with Crippen LogP contribution < -0.4 is 10.1 Å². The van der Waals surface area contributed by atoms with Crippen LogP contribution in [-0.2, 0) is 11.4 Å². The van der Waals surface area contributed by atoms with Gasteiger partial charge in [-0.25, -0.2) is 4.98 Å². The lowest BCUT2D eigenvalue weighted by Crippen LogP contribution is -2.15. The fraction of sp³-hybridized carbons (Fsp3) is 0.250. The zero-order chi connectivity index (χ0) is 21.7. The van der Waals surface area contributed by atoms with Crippen molar-refractivity contribution in [2.24, 2.45) is 0 Å². The second-order valence-electron chi connectivity index (χ2n) is 6.67. The number of anilines is 1. The van der Waals surface area contributed by atoms with Gasteiger partial charge < -0.3 is 10.1 Å². The molecule has 1 aromatic heterocycles. The van der Waals surface area contributed by atoms with Crippen molar-refractivity contribution in [3.63, 3.8) is 0 Å². The maximum absolute atomic E-state index is 12.2. The first-order valence-corrected chi connectivity index (χ1v) is 10.1. The van der Waals surface area contributed by atoms with Crippen LogP contribution >= 0.6 is 11.8 Å². The van der Waals surface area contributed by atoms with E-state index in [2.05, 4.69) is 20.5 Å². The number of nitrogens with zero attached hydrogens (tertiary/aromatic N) is 3. The maximum atomic E-state index is 12.2. The second kappa shape index (κ2) is 9.40. The minimum atomic E-state index is -0.477. The van der Waals surface area contributed by atoms with Crippen molar-refractivity contribution in [3.05, 3.63) is 69.0 Å². The number of ether oxygens (including phenoxy) is 1. The van der Waals surface area contributed by atoms with E-state index in [9.17, 15) is 14.9 Å². The quantitative estimate of drug-likeness (QED) is 0.317. The molecule has 0 unspecified atom stereocenters. The molecule has 0 fully saturated rings. The summed E-state index contributed by atoms with van der Waals surface area (Å²) >= 11 is 1.16. The lowest BCUT2D eigenvalue weighted by molar-refractivity contribution is -0.385. The average molecular weight is 427 g/mol. The summed E-state index contributed by atoms with van der Waals surface area (Å²) in [6, 6.07) is 10.5. The highest BCUT2D eigenvalue weighted by atomic mass is 32.2. The summed E-state index contributed by atoms with van der Waals surface area (Å²) in [5.74, 6) is 1.10. The molecule has 156 valence electrons. The molecule has 0 spiro atoms. The Kier molecular flexibility index (Phi) is 6.68. The molecule has 0 bridgehead atoms. The molecule has 3 rings (SSSR count). The molecule has 2 N–H and O–H groups in total. The molecule has 3 aromatic rings. The van der Waals surface area contributed by atoms with Gasteiger partial charge in [0.25, 0.3) is 5.69 Å². The van der Waals surface area contributed by atoms with E-state index < -0.39 is 4.92 Å². The zero-order valence-electron chi connectivity index (χ0n) is 16.8. The number of nitro groups is 1. The van der Waals surface area contributed by atoms with Gasteiger partial charge in [-0.3, -0.25) is 20.0 Å². The number of nitro benzene ring substituents is 1. The average Bonchev–Trinajstić information content (AvgIpc) is 3.16. The number of rotatable bonds is 8. The third-order valence-corrected chi connectivity index (χ3v) is 5.17. The molecule has 0 aliphatic carbocycles. The predicted octanol–water partition coefficient (Wildman–Crippen LogP) is 3.95. The summed E-state index contributed by atoms with van der Waals surface area (Å²) in [5.41, 5.74) is 2.91. The summed E-state index contributed by atoms with van der Waals surface area (Å²) in [6.45, 7) is 5.79. The molecule has 9 nitrogen and oxygen atoms in total. The molecule has 0 saturated carbocycles. The molecule has 10 heteroatoms. The predicted molar refractivity (Wildman–Crippen MR) is 114 cm³/mol. The number of thioether (sulfide) groups is 1. The van der Waals surface area contributed by atoms with Gasteiger partial charge in [-0.15, -0.1) is 5.10 Å². The van der Waals surface area contributed by atoms with Crippen LogP contribution in [0.3, 0.4) is 0 Å². The Labute approximate surface area is 177 Å². The first-order valence-electron chi connectivity index (χ1n) is 9.11. The van der Waals surface area contributed by atoms with Crippen LogP contribution in [-0.4, -0.2) is 31.8 Å². The van der Waals surface area contributed by atoms with Gasteiger partial charge in [-0.2, -0.15) is 0 Å². The third-order valence-electron chi connectivity index (χ3n) is 4.33. The van der Waals surface area contributed by atoms with E-state index >= 15 is 0 Å². The van der Waals surface area contributed by atoms with Crippen molar-refractivity contribution in [1.82, 2.24) is 15.2 Å². The lowest BCUT2D eigenvalue weighted by atomic mass is 10.1. The fourth-order valence-electron chi connectivity index (χ4n) is 2.69. The van der Waals surface area contributed by atoms with Crippen molar-refractivity contribution in [1.29, 1.82) is 0 Å². The molecular weight excluding hydrogens is 406 g/mol. The highest BCUT2D eigenvalue weighted by molar-refractivity contribution is 7.99. The number of amides is 1. The monoisotopic (exact) mass is 427 g/mol. The maximum Gasteiger partial charge on any atom is 0.274 e. The minimum Gasteiger partial charge on any atom is -0.485 e. The zero-order valence-corrected chi connectivity index (χ0v) is 17.6. The van der Waals surface area contributed by atoms with E-state index in [1.807, 2.05) is 32.0 Å². The Morgan fingerprint density at radius 1 is 1.27 bits per heavy atom. The summed E-state index contributed by atoms with van der Waals surface area (Å²) in [6.07, 6.45) is 0. The molecule has 1 heterocycles. The van der Waals surface area contributed by atoms with Crippen LogP contribution in [0.5, 0.6) is 5.75 Å². The summed E-state index contributed by atoms with van der Waals surface area (Å²) in [4.78, 5) is 27.1. The van der Waals surface area contributed by atoms with E-state index in [1.54, 1.807) is 13.0 Å². The van der Waals surface area contributed by atoms with Crippen LogP contribution in [0.15, 0.2) is 41.6 Å². The van der Waals surface area contributed by atoms with Gasteiger partial charge in [0.15, 0.2) is 5.82 Å². The van der Waals surface area contributed by atoms with Crippen molar-refractivity contribution in [2.45, 2.75) is 32.5 Å². The topological polar surface area (TPSA) is 123 Å². The standard InChI is InChI=1S/C20H21N5O4S/c1-12-7-8-13(2)17(9-12)29-10-18-22-20(24-23-18)30-11-19(26)21-15-5-4-6-16(14(15)3)25(27)28/h4-9H,10-11H2,1-3H3,(H,21,26)(H,22,23,24). The number of aromatic amines is 1. The lowest BCUT2D eigenvalue weighted by Gasteiger charge is -2.08. The van der Waals surface area contributed by atoms with Gasteiger partial charge in [-0.05, 0) is 44.0 Å². The normalized spacial score (nSPS) is 10.6. The summed E-state index contributed by atoms with van der Waals surface area (Å²) in [5, 5.41) is 21.0. The van der Waals surface area contributed by atoms with Crippen molar-refractivity contribution >= 4 is 29.0 Å². The number of aromatic nitrogens is 3. The van der Waals surface area contributed by atoms with Gasteiger partial charge in [0, 0.05) is 6.07 Å². The number of hydrogen-bond donors (Lipinski definition) is 2. The number of H-pyrrole nitrogens is 1. The van der Waals surface area contributed by atoms with Crippen LogP contribution in [0, 0.1) is 30.9 Å². The molecule has 2 aromatic carbocycles. The summed E-state index contributed by atoms with van der Waals surface area (Å²) < 4.78 is 5.79. The first-order chi connectivity index (χ1) is 14.3. The van der Waals surface area contributed by atoms with Crippen molar-refractivity contribution < 1.29 is 14.5 Å². The van der Waals surface area contributed by atoms with Crippen molar-refractivity contribution in [2.75, 3.05) is 11.1 Å². The van der Waals surface area contributed by atoms with E-state index in [4.69, 9.17) is 4.74 Å².